The molecule has 0 saturated carbocycles. The molecule has 2 aromatic heterocycles. The van der Waals surface area contributed by atoms with Gasteiger partial charge in [-0.2, -0.15) is 0 Å². The van der Waals surface area contributed by atoms with Crippen molar-refractivity contribution in [2.75, 3.05) is 39.6 Å². The Bertz CT molecular complexity index is 1520. The molecule has 0 atom stereocenters. The standard InChI is InChI=1S/C32H35N5O5/c38-30(21-24-9-10-28-29(20-24)42-23-41-28)35-13-1-2-14-37(32(39)27-8-4-11-33-27)18-17-36-16-12-34-31(36)25-6-3-7-26(22-25)40-19-5-15-35/h3-4,6-12,16,20,22,33H,1-2,5,13-15,17-19,21,23H2. The van der Waals surface area contributed by atoms with E-state index < -0.39 is 0 Å². The van der Waals surface area contributed by atoms with Gasteiger partial charge in [0, 0.05) is 56.9 Å². The third kappa shape index (κ3) is 6.43. The second-order valence-electron chi connectivity index (χ2n) is 10.5. The zero-order chi connectivity index (χ0) is 28.7. The van der Waals surface area contributed by atoms with Crippen molar-refractivity contribution in [2.45, 2.75) is 32.2 Å². The normalized spacial score (nSPS) is 15.9. The molecular formula is C32H35N5O5. The maximum atomic E-state index is 13.5. The fourth-order valence-electron chi connectivity index (χ4n) is 5.40. The lowest BCUT2D eigenvalue weighted by atomic mass is 10.1. The van der Waals surface area contributed by atoms with Crippen LogP contribution in [0.2, 0.25) is 0 Å². The molecule has 0 spiro atoms. The third-order valence-corrected chi connectivity index (χ3v) is 7.63. The van der Waals surface area contributed by atoms with Crippen molar-refractivity contribution in [2.24, 2.45) is 0 Å². The second kappa shape index (κ2) is 12.8. The van der Waals surface area contributed by atoms with Crippen LogP contribution >= 0.6 is 0 Å². The highest BCUT2D eigenvalue weighted by Gasteiger charge is 2.20. The van der Waals surface area contributed by atoms with Gasteiger partial charge >= 0.3 is 0 Å². The second-order valence-corrected chi connectivity index (χ2v) is 10.5. The van der Waals surface area contributed by atoms with Crippen molar-refractivity contribution in [1.82, 2.24) is 24.3 Å². The molecule has 1 N–H and O–H groups in total. The van der Waals surface area contributed by atoms with Crippen molar-refractivity contribution >= 4 is 11.8 Å². The van der Waals surface area contributed by atoms with Crippen LogP contribution in [0.3, 0.4) is 0 Å². The smallest absolute Gasteiger partial charge is 0.270 e. The zero-order valence-corrected chi connectivity index (χ0v) is 23.5. The number of carbonyl (C=O) groups excluding carboxylic acids is 2. The van der Waals surface area contributed by atoms with Crippen LogP contribution in [0, 0.1) is 0 Å². The number of benzene rings is 2. The fourth-order valence-corrected chi connectivity index (χ4v) is 5.40. The largest absolute Gasteiger partial charge is 0.494 e. The highest BCUT2D eigenvalue weighted by Crippen LogP contribution is 2.32. The van der Waals surface area contributed by atoms with E-state index >= 15 is 0 Å². The predicted molar refractivity (Wildman–Crippen MR) is 157 cm³/mol. The van der Waals surface area contributed by atoms with Crippen LogP contribution in [0.15, 0.2) is 73.2 Å². The fraction of sp³-hybridized carbons (Fsp3) is 0.344. The number of aromatic amines is 1. The molecule has 2 bridgehead atoms. The minimum absolute atomic E-state index is 0.0364. The molecule has 42 heavy (non-hydrogen) atoms. The summed E-state index contributed by atoms with van der Waals surface area (Å²) in [6.07, 6.45) is 8.02. The summed E-state index contributed by atoms with van der Waals surface area (Å²) in [5.41, 5.74) is 2.41. The van der Waals surface area contributed by atoms with Gasteiger partial charge in [-0.3, -0.25) is 9.59 Å². The molecule has 2 aromatic carbocycles. The van der Waals surface area contributed by atoms with Crippen LogP contribution < -0.4 is 14.2 Å². The number of fused-ring (bicyclic) bond motifs is 5. The lowest BCUT2D eigenvalue weighted by Crippen LogP contribution is -2.37. The molecule has 218 valence electrons. The maximum absolute atomic E-state index is 13.5. The number of nitrogens with zero attached hydrogens (tertiary/aromatic N) is 4. The minimum atomic E-state index is -0.0364. The SMILES string of the molecule is O=C(Cc1ccc2c(c1)OCO2)N1CCCCN(C(=O)c2ccc[nH]2)CCn2ccnc2-c2cccc(c2)OCCC1. The molecule has 4 aromatic rings. The number of rotatable bonds is 3. The number of imidazole rings is 1. The van der Waals surface area contributed by atoms with Crippen molar-refractivity contribution in [3.63, 3.8) is 0 Å². The van der Waals surface area contributed by atoms with Crippen LogP contribution in [0.1, 0.15) is 35.3 Å². The molecular weight excluding hydrogens is 534 g/mol. The van der Waals surface area contributed by atoms with Crippen molar-refractivity contribution < 1.29 is 23.8 Å². The summed E-state index contributed by atoms with van der Waals surface area (Å²) >= 11 is 0. The van der Waals surface area contributed by atoms with E-state index in [9.17, 15) is 9.59 Å². The molecule has 0 aliphatic carbocycles. The highest BCUT2D eigenvalue weighted by molar-refractivity contribution is 5.92. The van der Waals surface area contributed by atoms with Crippen LogP contribution in [-0.2, 0) is 17.8 Å². The van der Waals surface area contributed by atoms with Crippen LogP contribution in [-0.4, -0.2) is 75.7 Å². The Labute approximate surface area is 244 Å². The third-order valence-electron chi connectivity index (χ3n) is 7.63. The summed E-state index contributed by atoms with van der Waals surface area (Å²) in [5.74, 6) is 2.98. The van der Waals surface area contributed by atoms with E-state index in [-0.39, 0.29) is 25.0 Å². The first-order valence-corrected chi connectivity index (χ1v) is 14.5. The molecule has 6 rings (SSSR count). The Morgan fingerprint density at radius 1 is 0.833 bits per heavy atom. The molecule has 2 amide bonds. The van der Waals surface area contributed by atoms with Crippen molar-refractivity contribution in [1.29, 1.82) is 0 Å². The average Bonchev–Trinajstić information content (AvgIpc) is 3.79. The molecule has 0 saturated heterocycles. The van der Waals surface area contributed by atoms with E-state index in [1.807, 2.05) is 64.5 Å². The van der Waals surface area contributed by atoms with Gasteiger partial charge in [-0.15, -0.1) is 0 Å². The van der Waals surface area contributed by atoms with Gasteiger partial charge in [0.15, 0.2) is 11.5 Å². The van der Waals surface area contributed by atoms with Gasteiger partial charge in [-0.25, -0.2) is 4.98 Å². The molecule has 2 aliphatic heterocycles. The monoisotopic (exact) mass is 569 g/mol. The van der Waals surface area contributed by atoms with Gasteiger partial charge in [0.25, 0.3) is 5.91 Å². The Hall–Kier alpha value is -4.73. The Kier molecular flexibility index (Phi) is 8.39. The molecule has 10 nitrogen and oxygen atoms in total. The molecule has 0 fully saturated rings. The van der Waals surface area contributed by atoms with E-state index in [1.165, 1.54) is 0 Å². The molecule has 0 radical (unpaired) electrons. The molecule has 2 aliphatic rings. The number of nitrogens with one attached hydrogen (secondary N) is 1. The van der Waals surface area contributed by atoms with Gasteiger partial charge in [0.1, 0.15) is 17.3 Å². The zero-order valence-electron chi connectivity index (χ0n) is 23.5. The number of H-pyrrole nitrogens is 1. The first kappa shape index (κ1) is 27.4. The lowest BCUT2D eigenvalue weighted by Gasteiger charge is -2.25. The summed E-state index contributed by atoms with van der Waals surface area (Å²) in [5, 5.41) is 0. The van der Waals surface area contributed by atoms with E-state index in [4.69, 9.17) is 14.2 Å². The first-order valence-electron chi connectivity index (χ1n) is 14.5. The van der Waals surface area contributed by atoms with Gasteiger partial charge in [0.05, 0.1) is 13.0 Å². The van der Waals surface area contributed by atoms with Gasteiger partial charge in [-0.05, 0) is 61.2 Å². The van der Waals surface area contributed by atoms with Crippen molar-refractivity contribution in [3.05, 3.63) is 84.4 Å². The number of ether oxygens (including phenoxy) is 3. The summed E-state index contributed by atoms with van der Waals surface area (Å²) in [6.45, 7) is 3.60. The summed E-state index contributed by atoms with van der Waals surface area (Å²) < 4.78 is 19.1. The Morgan fingerprint density at radius 2 is 1.69 bits per heavy atom. The topological polar surface area (TPSA) is 102 Å². The molecule has 10 heteroatoms. The molecule has 4 heterocycles. The van der Waals surface area contributed by atoms with E-state index in [0.29, 0.717) is 62.9 Å². The van der Waals surface area contributed by atoms with Crippen LogP contribution in [0.4, 0.5) is 0 Å². The van der Waals surface area contributed by atoms with Gasteiger partial charge < -0.3 is 33.6 Å². The Balaban J connectivity index is 1.19. The van der Waals surface area contributed by atoms with E-state index in [1.54, 1.807) is 18.5 Å². The Morgan fingerprint density at radius 3 is 2.57 bits per heavy atom. The van der Waals surface area contributed by atoms with Crippen molar-refractivity contribution in [3.8, 4) is 28.6 Å². The van der Waals surface area contributed by atoms with E-state index in [2.05, 4.69) is 14.5 Å². The summed E-state index contributed by atoms with van der Waals surface area (Å²) in [4.78, 5) is 38.3. The van der Waals surface area contributed by atoms with Gasteiger partial charge in [-0.1, -0.05) is 18.2 Å². The lowest BCUT2D eigenvalue weighted by molar-refractivity contribution is -0.130. The quantitative estimate of drug-likeness (QED) is 0.393. The summed E-state index contributed by atoms with van der Waals surface area (Å²) in [7, 11) is 0. The minimum Gasteiger partial charge on any atom is -0.494 e. The number of hydrogen-bond acceptors (Lipinski definition) is 6. The highest BCUT2D eigenvalue weighted by atomic mass is 16.7. The predicted octanol–water partition coefficient (Wildman–Crippen LogP) is 4.38. The van der Waals surface area contributed by atoms with Crippen LogP contribution in [0.5, 0.6) is 17.2 Å². The first-order chi connectivity index (χ1) is 20.6. The molecule has 0 unspecified atom stereocenters. The number of aromatic nitrogens is 3. The average molecular weight is 570 g/mol. The van der Waals surface area contributed by atoms with E-state index in [0.717, 1.165) is 35.5 Å². The maximum Gasteiger partial charge on any atom is 0.270 e. The number of hydrogen-bond donors (Lipinski definition) is 1. The number of amides is 2. The van der Waals surface area contributed by atoms with Crippen LogP contribution in [0.25, 0.3) is 11.4 Å². The van der Waals surface area contributed by atoms with Gasteiger partial charge in [0.2, 0.25) is 12.7 Å². The number of carbonyl (C=O) groups is 2. The summed E-state index contributed by atoms with van der Waals surface area (Å²) in [6, 6.07) is 17.2.